The number of nitrogens with one attached hydrogen (secondary N) is 1. The smallest absolute Gasteiger partial charge is 0.304 e. The van der Waals surface area contributed by atoms with Crippen molar-refractivity contribution in [1.29, 1.82) is 0 Å². The zero-order valence-corrected chi connectivity index (χ0v) is 25.7. The highest BCUT2D eigenvalue weighted by atomic mass is 35.5. The molecule has 0 fully saturated rings. The van der Waals surface area contributed by atoms with Gasteiger partial charge < -0.3 is 34.1 Å². The molecule has 0 amide bonds. The van der Waals surface area contributed by atoms with Crippen LogP contribution in [-0.4, -0.2) is 59.7 Å². The summed E-state index contributed by atoms with van der Waals surface area (Å²) in [5.41, 5.74) is 2.70. The van der Waals surface area contributed by atoms with Gasteiger partial charge in [-0.3, -0.25) is 4.79 Å². The van der Waals surface area contributed by atoms with E-state index in [2.05, 4.69) is 25.2 Å². The number of hydrogen-bond donors (Lipinski definition) is 2. The number of carboxylic acid groups (broad SMARTS) is 1. The van der Waals surface area contributed by atoms with Crippen LogP contribution in [0, 0.1) is 11.8 Å². The summed E-state index contributed by atoms with van der Waals surface area (Å²) in [6.07, 6.45) is 4.55. The van der Waals surface area contributed by atoms with Gasteiger partial charge in [0.05, 0.1) is 42.0 Å². The largest absolute Gasteiger partial charge is 0.493 e. The first-order valence-corrected chi connectivity index (χ1v) is 13.7. The molecule has 2 atom stereocenters. The molecule has 40 heavy (non-hydrogen) atoms. The molecule has 0 aliphatic heterocycles. The van der Waals surface area contributed by atoms with E-state index in [0.717, 1.165) is 67.8 Å². The lowest BCUT2D eigenvalue weighted by Gasteiger charge is -2.48. The minimum absolute atomic E-state index is 0. The summed E-state index contributed by atoms with van der Waals surface area (Å²) in [5, 5.41) is 13.7. The first kappa shape index (κ1) is 33.4. The van der Waals surface area contributed by atoms with Gasteiger partial charge in [-0.1, -0.05) is 19.9 Å². The van der Waals surface area contributed by atoms with Crippen LogP contribution in [0.3, 0.4) is 0 Å². The molecule has 1 aliphatic rings. The molecule has 0 radical (unpaired) electrons. The maximum atomic E-state index is 12.3. The van der Waals surface area contributed by atoms with Crippen molar-refractivity contribution in [2.45, 2.75) is 57.8 Å². The summed E-state index contributed by atoms with van der Waals surface area (Å²) >= 11 is 0. The SMILES string of the molecule is COc1ccc(CCCNCCC2CCc3c(cc(OC)c(OC)c3OC)C2(CC(=O)O)C(C)C)cc1OC.Cl. The fraction of sp³-hybridized carbons (Fsp3) is 0.581. The molecule has 1 aliphatic carbocycles. The molecule has 0 aromatic heterocycles. The molecule has 2 aromatic rings. The molecule has 2 unspecified atom stereocenters. The molecule has 0 spiro atoms. The standard InChI is InChI=1S/C31H45NO7.ClH/c1-20(2)31(19-28(33)34)22(11-12-23-24(31)18-27(37-5)30(39-7)29(23)38-6)14-16-32-15-8-9-21-10-13-25(35-3)26(17-21)36-4;/h10,13,17-18,20,22,32H,8-9,11-12,14-16,19H2,1-7H3,(H,33,34);1H. The van der Waals surface area contributed by atoms with Gasteiger partial charge in [0, 0.05) is 11.0 Å². The minimum Gasteiger partial charge on any atom is -0.493 e. The lowest BCUT2D eigenvalue weighted by Crippen LogP contribution is -2.46. The van der Waals surface area contributed by atoms with Gasteiger partial charge in [-0.2, -0.15) is 0 Å². The van der Waals surface area contributed by atoms with Crippen molar-refractivity contribution in [3.8, 4) is 28.7 Å². The number of aryl methyl sites for hydroxylation is 1. The molecular formula is C31H46ClNO7. The van der Waals surface area contributed by atoms with Gasteiger partial charge in [0.25, 0.3) is 0 Å². The van der Waals surface area contributed by atoms with Crippen molar-refractivity contribution in [3.05, 3.63) is 41.0 Å². The lowest BCUT2D eigenvalue weighted by atomic mass is 9.55. The van der Waals surface area contributed by atoms with Gasteiger partial charge in [-0.25, -0.2) is 0 Å². The monoisotopic (exact) mass is 579 g/mol. The van der Waals surface area contributed by atoms with Crippen LogP contribution in [0.25, 0.3) is 0 Å². The summed E-state index contributed by atoms with van der Waals surface area (Å²) in [7, 11) is 8.12. The van der Waals surface area contributed by atoms with E-state index in [1.807, 2.05) is 18.2 Å². The molecule has 0 saturated carbocycles. The molecular weight excluding hydrogens is 534 g/mol. The molecule has 2 N–H and O–H groups in total. The third-order valence-electron chi connectivity index (χ3n) is 8.32. The predicted octanol–water partition coefficient (Wildman–Crippen LogP) is 5.69. The maximum Gasteiger partial charge on any atom is 0.304 e. The third-order valence-corrected chi connectivity index (χ3v) is 8.32. The van der Waals surface area contributed by atoms with Crippen LogP contribution in [0.2, 0.25) is 0 Å². The Morgan fingerprint density at radius 3 is 2.20 bits per heavy atom. The summed E-state index contributed by atoms with van der Waals surface area (Å²) in [6, 6.07) is 8.03. The number of benzene rings is 2. The van der Waals surface area contributed by atoms with E-state index in [-0.39, 0.29) is 30.7 Å². The lowest BCUT2D eigenvalue weighted by molar-refractivity contribution is -0.140. The molecule has 3 rings (SSSR count). The Morgan fingerprint density at radius 2 is 1.62 bits per heavy atom. The molecule has 224 valence electrons. The second kappa shape index (κ2) is 15.2. The van der Waals surface area contributed by atoms with E-state index in [4.69, 9.17) is 23.7 Å². The Kier molecular flexibility index (Phi) is 12.7. The predicted molar refractivity (Wildman–Crippen MR) is 159 cm³/mol. The Hall–Kier alpha value is -2.84. The average molecular weight is 580 g/mol. The van der Waals surface area contributed by atoms with Crippen LogP contribution in [0.15, 0.2) is 24.3 Å². The maximum absolute atomic E-state index is 12.3. The van der Waals surface area contributed by atoms with Gasteiger partial charge >= 0.3 is 5.97 Å². The summed E-state index contributed by atoms with van der Waals surface area (Å²) in [4.78, 5) is 12.3. The highest BCUT2D eigenvalue weighted by Crippen LogP contribution is 2.56. The average Bonchev–Trinajstić information content (AvgIpc) is 2.93. The van der Waals surface area contributed by atoms with Crippen molar-refractivity contribution >= 4 is 18.4 Å². The van der Waals surface area contributed by atoms with E-state index >= 15 is 0 Å². The Labute approximate surface area is 245 Å². The number of aliphatic carboxylic acids is 1. The normalized spacial score (nSPS) is 17.9. The number of fused-ring (bicyclic) bond motifs is 1. The highest BCUT2D eigenvalue weighted by molar-refractivity contribution is 5.85. The van der Waals surface area contributed by atoms with Gasteiger partial charge in [0.15, 0.2) is 23.0 Å². The second-order valence-electron chi connectivity index (χ2n) is 10.5. The topological polar surface area (TPSA) is 95.5 Å². The van der Waals surface area contributed by atoms with Crippen molar-refractivity contribution in [2.24, 2.45) is 11.8 Å². The van der Waals surface area contributed by atoms with Gasteiger partial charge in [-0.15, -0.1) is 12.4 Å². The first-order chi connectivity index (χ1) is 18.8. The molecule has 0 bridgehead atoms. The zero-order chi connectivity index (χ0) is 28.6. The number of carbonyl (C=O) groups is 1. The molecule has 2 aromatic carbocycles. The van der Waals surface area contributed by atoms with Crippen LogP contribution in [-0.2, 0) is 23.1 Å². The summed E-state index contributed by atoms with van der Waals surface area (Å²) < 4.78 is 27.8. The Balaban J connectivity index is 0.00000560. The second-order valence-corrected chi connectivity index (χ2v) is 10.5. The zero-order valence-electron chi connectivity index (χ0n) is 24.9. The molecule has 0 saturated heterocycles. The fourth-order valence-corrected chi connectivity index (χ4v) is 6.41. The van der Waals surface area contributed by atoms with Gasteiger partial charge in [0.2, 0.25) is 5.75 Å². The minimum atomic E-state index is -0.793. The van der Waals surface area contributed by atoms with Crippen molar-refractivity contribution in [3.63, 3.8) is 0 Å². The van der Waals surface area contributed by atoms with E-state index in [1.165, 1.54) is 5.56 Å². The van der Waals surface area contributed by atoms with E-state index < -0.39 is 11.4 Å². The fourth-order valence-electron chi connectivity index (χ4n) is 6.41. The molecule has 9 heteroatoms. The number of methoxy groups -OCH3 is 5. The van der Waals surface area contributed by atoms with Crippen LogP contribution in [0.1, 0.15) is 56.2 Å². The third kappa shape index (κ3) is 6.89. The van der Waals surface area contributed by atoms with Crippen LogP contribution in [0.4, 0.5) is 0 Å². The van der Waals surface area contributed by atoms with Crippen molar-refractivity contribution < 1.29 is 33.6 Å². The van der Waals surface area contributed by atoms with Gasteiger partial charge in [0.1, 0.15) is 0 Å². The summed E-state index contributed by atoms with van der Waals surface area (Å²) in [5.74, 6) is 2.76. The number of ether oxygens (including phenoxy) is 5. The van der Waals surface area contributed by atoms with Crippen LogP contribution >= 0.6 is 12.4 Å². The van der Waals surface area contributed by atoms with Crippen LogP contribution < -0.4 is 29.0 Å². The number of halogens is 1. The van der Waals surface area contributed by atoms with Crippen molar-refractivity contribution in [2.75, 3.05) is 48.6 Å². The summed E-state index contributed by atoms with van der Waals surface area (Å²) in [6.45, 7) is 5.96. The van der Waals surface area contributed by atoms with E-state index in [9.17, 15) is 9.90 Å². The van der Waals surface area contributed by atoms with Crippen molar-refractivity contribution in [1.82, 2.24) is 5.32 Å². The number of carboxylic acids is 1. The van der Waals surface area contributed by atoms with E-state index in [1.54, 1.807) is 35.5 Å². The number of hydrogen-bond acceptors (Lipinski definition) is 7. The Morgan fingerprint density at radius 1 is 0.950 bits per heavy atom. The quantitative estimate of drug-likeness (QED) is 0.260. The van der Waals surface area contributed by atoms with Gasteiger partial charge in [-0.05, 0) is 86.4 Å². The molecule has 0 heterocycles. The Bertz CT molecular complexity index is 1120. The number of rotatable bonds is 15. The highest BCUT2D eigenvalue weighted by Gasteiger charge is 2.49. The first-order valence-electron chi connectivity index (χ1n) is 13.7. The molecule has 8 nitrogen and oxygen atoms in total. The van der Waals surface area contributed by atoms with E-state index in [0.29, 0.717) is 17.2 Å². The van der Waals surface area contributed by atoms with Crippen LogP contribution in [0.5, 0.6) is 28.7 Å².